The maximum atomic E-state index is 4.49. The SMILES string of the molecule is CCN1CCC(CNC(=NC)N(C)CC2CCC(C)CC2)C1.I. The lowest BCUT2D eigenvalue weighted by atomic mass is 9.83. The van der Waals surface area contributed by atoms with Crippen LogP contribution in [0.25, 0.3) is 0 Å². The summed E-state index contributed by atoms with van der Waals surface area (Å²) in [6, 6.07) is 0. The topological polar surface area (TPSA) is 30.9 Å². The summed E-state index contributed by atoms with van der Waals surface area (Å²) in [5.74, 6) is 3.64. The molecule has 23 heavy (non-hydrogen) atoms. The fourth-order valence-corrected chi connectivity index (χ4v) is 3.97. The Labute approximate surface area is 160 Å². The fraction of sp³-hybridized carbons (Fsp3) is 0.944. The Morgan fingerprint density at radius 1 is 1.17 bits per heavy atom. The highest BCUT2D eigenvalue weighted by Crippen LogP contribution is 2.28. The molecule has 136 valence electrons. The highest BCUT2D eigenvalue weighted by Gasteiger charge is 2.23. The standard InChI is InChI=1S/C18H36N4.HI/c1-5-22-11-10-17(14-22)12-20-18(19-3)21(4)13-16-8-6-15(2)7-9-16;/h15-17H,5-14H2,1-4H3,(H,19,20);1H. The van der Waals surface area contributed by atoms with E-state index in [2.05, 4.69) is 41.0 Å². The molecule has 0 aromatic carbocycles. The van der Waals surface area contributed by atoms with Crippen LogP contribution >= 0.6 is 24.0 Å². The second kappa shape index (κ2) is 10.7. The zero-order valence-corrected chi connectivity index (χ0v) is 17.9. The lowest BCUT2D eigenvalue weighted by Crippen LogP contribution is -2.43. The number of hydrogen-bond donors (Lipinski definition) is 1. The van der Waals surface area contributed by atoms with Crippen molar-refractivity contribution in [3.8, 4) is 0 Å². The van der Waals surface area contributed by atoms with Crippen LogP contribution in [0, 0.1) is 17.8 Å². The van der Waals surface area contributed by atoms with Crippen LogP contribution in [0.5, 0.6) is 0 Å². The monoisotopic (exact) mass is 436 g/mol. The molecule has 0 spiro atoms. The first-order chi connectivity index (χ1) is 10.6. The summed E-state index contributed by atoms with van der Waals surface area (Å²) in [7, 11) is 4.11. The van der Waals surface area contributed by atoms with Gasteiger partial charge in [0.05, 0.1) is 0 Å². The molecule has 0 radical (unpaired) electrons. The molecule has 5 heteroatoms. The third-order valence-corrected chi connectivity index (χ3v) is 5.61. The lowest BCUT2D eigenvalue weighted by Gasteiger charge is -2.31. The molecule has 2 fully saturated rings. The van der Waals surface area contributed by atoms with E-state index in [4.69, 9.17) is 0 Å². The first-order valence-corrected chi connectivity index (χ1v) is 9.26. The van der Waals surface area contributed by atoms with Gasteiger partial charge < -0.3 is 15.1 Å². The van der Waals surface area contributed by atoms with Gasteiger partial charge in [-0.2, -0.15) is 0 Å². The normalized spacial score (nSPS) is 29.2. The van der Waals surface area contributed by atoms with Gasteiger partial charge in [0.2, 0.25) is 0 Å². The van der Waals surface area contributed by atoms with E-state index in [1.807, 2.05) is 7.05 Å². The number of nitrogens with one attached hydrogen (secondary N) is 1. The predicted octanol–water partition coefficient (Wildman–Crippen LogP) is 3.28. The molecule has 1 aliphatic carbocycles. The molecule has 0 amide bonds. The second-order valence-electron chi connectivity index (χ2n) is 7.48. The van der Waals surface area contributed by atoms with Crippen LogP contribution in [0.15, 0.2) is 4.99 Å². The van der Waals surface area contributed by atoms with Crippen molar-refractivity contribution in [1.29, 1.82) is 0 Å². The maximum absolute atomic E-state index is 4.49. The molecule has 0 bridgehead atoms. The Hall–Kier alpha value is -0.0400. The van der Waals surface area contributed by atoms with Gasteiger partial charge >= 0.3 is 0 Å². The average molecular weight is 436 g/mol. The highest BCUT2D eigenvalue weighted by molar-refractivity contribution is 14.0. The molecule has 2 rings (SSSR count). The van der Waals surface area contributed by atoms with E-state index in [1.165, 1.54) is 51.7 Å². The predicted molar refractivity (Wildman–Crippen MR) is 111 cm³/mol. The Bertz CT molecular complexity index is 353. The van der Waals surface area contributed by atoms with Crippen LogP contribution in [0.2, 0.25) is 0 Å². The molecule has 1 saturated carbocycles. The minimum absolute atomic E-state index is 0. The van der Waals surface area contributed by atoms with E-state index in [1.54, 1.807) is 0 Å². The van der Waals surface area contributed by atoms with Gasteiger partial charge in [0.25, 0.3) is 0 Å². The highest BCUT2D eigenvalue weighted by atomic mass is 127. The number of guanidine groups is 1. The number of hydrogen-bond acceptors (Lipinski definition) is 2. The number of aliphatic imine (C=N–C) groups is 1. The summed E-state index contributed by atoms with van der Waals surface area (Å²) in [5, 5.41) is 3.60. The summed E-state index contributed by atoms with van der Waals surface area (Å²) < 4.78 is 0. The van der Waals surface area contributed by atoms with E-state index in [0.29, 0.717) is 0 Å². The van der Waals surface area contributed by atoms with Gasteiger partial charge in [-0.1, -0.05) is 26.7 Å². The molecule has 1 saturated heterocycles. The molecule has 1 N–H and O–H groups in total. The largest absolute Gasteiger partial charge is 0.356 e. The van der Waals surface area contributed by atoms with Crippen LogP contribution in [0.4, 0.5) is 0 Å². The van der Waals surface area contributed by atoms with Crippen molar-refractivity contribution in [2.45, 2.75) is 46.0 Å². The molecule has 4 nitrogen and oxygen atoms in total. The average Bonchev–Trinajstić information content (AvgIpc) is 2.98. The van der Waals surface area contributed by atoms with Gasteiger partial charge in [0, 0.05) is 33.7 Å². The van der Waals surface area contributed by atoms with Gasteiger partial charge in [-0.3, -0.25) is 4.99 Å². The van der Waals surface area contributed by atoms with Crippen molar-refractivity contribution < 1.29 is 0 Å². The van der Waals surface area contributed by atoms with E-state index in [-0.39, 0.29) is 24.0 Å². The van der Waals surface area contributed by atoms with Crippen molar-refractivity contribution in [2.75, 3.05) is 46.8 Å². The Morgan fingerprint density at radius 2 is 1.87 bits per heavy atom. The van der Waals surface area contributed by atoms with Gasteiger partial charge in [0.1, 0.15) is 0 Å². The van der Waals surface area contributed by atoms with E-state index in [9.17, 15) is 0 Å². The van der Waals surface area contributed by atoms with E-state index >= 15 is 0 Å². The van der Waals surface area contributed by atoms with Gasteiger partial charge in [0.15, 0.2) is 5.96 Å². The van der Waals surface area contributed by atoms with Gasteiger partial charge in [-0.15, -0.1) is 24.0 Å². The minimum atomic E-state index is 0. The van der Waals surface area contributed by atoms with Crippen LogP contribution < -0.4 is 5.32 Å². The Balaban J connectivity index is 0.00000264. The second-order valence-corrected chi connectivity index (χ2v) is 7.48. The lowest BCUT2D eigenvalue weighted by molar-refractivity contribution is 0.249. The first kappa shape index (κ1) is 21.0. The van der Waals surface area contributed by atoms with Crippen molar-refractivity contribution in [3.63, 3.8) is 0 Å². The van der Waals surface area contributed by atoms with Crippen molar-refractivity contribution >= 4 is 29.9 Å². The minimum Gasteiger partial charge on any atom is -0.356 e. The summed E-state index contributed by atoms with van der Waals surface area (Å²) in [6.45, 7) is 10.6. The summed E-state index contributed by atoms with van der Waals surface area (Å²) in [6.07, 6.45) is 6.90. The molecule has 1 aliphatic heterocycles. The summed E-state index contributed by atoms with van der Waals surface area (Å²) in [5.41, 5.74) is 0. The number of likely N-dealkylation sites (tertiary alicyclic amines) is 1. The molecular formula is C18H37IN4. The molecular weight excluding hydrogens is 399 g/mol. The zero-order chi connectivity index (χ0) is 15.9. The summed E-state index contributed by atoms with van der Waals surface area (Å²) >= 11 is 0. The smallest absolute Gasteiger partial charge is 0.193 e. The molecule has 2 aliphatic rings. The van der Waals surface area contributed by atoms with E-state index in [0.717, 1.165) is 36.8 Å². The molecule has 1 heterocycles. The van der Waals surface area contributed by atoms with Gasteiger partial charge in [-0.25, -0.2) is 0 Å². The summed E-state index contributed by atoms with van der Waals surface area (Å²) in [4.78, 5) is 9.37. The number of rotatable bonds is 5. The van der Waals surface area contributed by atoms with Crippen LogP contribution in [-0.4, -0.2) is 62.6 Å². The zero-order valence-electron chi connectivity index (χ0n) is 15.6. The van der Waals surface area contributed by atoms with Crippen LogP contribution in [0.3, 0.4) is 0 Å². The maximum Gasteiger partial charge on any atom is 0.193 e. The van der Waals surface area contributed by atoms with E-state index < -0.39 is 0 Å². The molecule has 1 atom stereocenters. The third-order valence-electron chi connectivity index (χ3n) is 5.61. The molecule has 0 aromatic rings. The van der Waals surface area contributed by atoms with Gasteiger partial charge in [-0.05, 0) is 50.1 Å². The fourth-order valence-electron chi connectivity index (χ4n) is 3.97. The van der Waals surface area contributed by atoms with Crippen molar-refractivity contribution in [1.82, 2.24) is 15.1 Å². The quantitative estimate of drug-likeness (QED) is 0.408. The van der Waals surface area contributed by atoms with Crippen molar-refractivity contribution in [2.24, 2.45) is 22.7 Å². The Morgan fingerprint density at radius 3 is 2.43 bits per heavy atom. The van der Waals surface area contributed by atoms with Crippen LogP contribution in [-0.2, 0) is 0 Å². The van der Waals surface area contributed by atoms with Crippen molar-refractivity contribution in [3.05, 3.63) is 0 Å². The molecule has 0 aromatic heterocycles. The third kappa shape index (κ3) is 6.77. The Kier molecular flexibility index (Phi) is 9.82. The number of nitrogens with zero attached hydrogens (tertiary/aromatic N) is 3. The molecule has 1 unspecified atom stereocenters. The van der Waals surface area contributed by atoms with Crippen LogP contribution in [0.1, 0.15) is 46.0 Å². The first-order valence-electron chi connectivity index (χ1n) is 9.26. The number of halogens is 1.